The summed E-state index contributed by atoms with van der Waals surface area (Å²) in [6.07, 6.45) is 0.711. The molecule has 0 saturated carbocycles. The maximum absolute atomic E-state index is 12.4. The third kappa shape index (κ3) is 3.46. The minimum atomic E-state index is -3.39. The molecule has 0 aliphatic heterocycles. The zero-order chi connectivity index (χ0) is 14.6. The van der Waals surface area contributed by atoms with Crippen molar-refractivity contribution in [2.45, 2.75) is 18.2 Å². The highest BCUT2D eigenvalue weighted by molar-refractivity contribution is 7.89. The van der Waals surface area contributed by atoms with Crippen molar-refractivity contribution in [2.24, 2.45) is 0 Å². The second-order valence-electron chi connectivity index (χ2n) is 4.88. The van der Waals surface area contributed by atoms with Gasteiger partial charge >= 0.3 is 0 Å². The Balaban J connectivity index is 2.08. The van der Waals surface area contributed by atoms with Crippen molar-refractivity contribution in [3.8, 4) is 0 Å². The predicted octanol–water partition coefficient (Wildman–Crippen LogP) is 2.86. The van der Waals surface area contributed by atoms with E-state index in [9.17, 15) is 8.42 Å². The molecule has 0 fully saturated rings. The van der Waals surface area contributed by atoms with Crippen molar-refractivity contribution in [3.63, 3.8) is 0 Å². The Hall–Kier alpha value is -1.65. The molecule has 0 atom stereocenters. The van der Waals surface area contributed by atoms with Gasteiger partial charge in [-0.3, -0.25) is 0 Å². The fraction of sp³-hybridized carbons (Fsp3) is 0.250. The summed E-state index contributed by atoms with van der Waals surface area (Å²) in [5.74, 6) is 0. The van der Waals surface area contributed by atoms with E-state index >= 15 is 0 Å². The molecule has 0 spiro atoms. The number of likely N-dealkylation sites (N-methyl/N-ethyl adjacent to an activating group) is 1. The largest absolute Gasteiger partial charge is 0.242 e. The first-order chi connectivity index (χ1) is 9.50. The average Bonchev–Trinajstić information content (AvgIpc) is 2.46. The van der Waals surface area contributed by atoms with Gasteiger partial charge in [0.15, 0.2) is 0 Å². The molecular weight excluding hydrogens is 270 g/mol. The smallest absolute Gasteiger partial charge is 0.207 e. The van der Waals surface area contributed by atoms with E-state index in [1.165, 1.54) is 4.31 Å². The Labute approximate surface area is 120 Å². The molecule has 0 bridgehead atoms. The highest BCUT2D eigenvalue weighted by Crippen LogP contribution is 2.15. The molecule has 2 aromatic carbocycles. The summed E-state index contributed by atoms with van der Waals surface area (Å²) in [5, 5.41) is 0. The van der Waals surface area contributed by atoms with Gasteiger partial charge in [-0.1, -0.05) is 48.0 Å². The number of benzene rings is 2. The van der Waals surface area contributed by atoms with E-state index in [1.807, 2.05) is 49.4 Å². The van der Waals surface area contributed by atoms with Gasteiger partial charge in [0.2, 0.25) is 10.0 Å². The summed E-state index contributed by atoms with van der Waals surface area (Å²) in [5.41, 5.74) is 2.19. The normalized spacial score (nSPS) is 11.8. The first kappa shape index (κ1) is 14.8. The second-order valence-corrected chi connectivity index (χ2v) is 6.92. The zero-order valence-electron chi connectivity index (χ0n) is 11.8. The molecule has 106 valence electrons. The molecular formula is C16H19NO2S. The minimum absolute atomic E-state index is 0.346. The van der Waals surface area contributed by atoms with Gasteiger partial charge in [-0.15, -0.1) is 0 Å². The van der Waals surface area contributed by atoms with E-state index in [2.05, 4.69) is 0 Å². The molecule has 0 N–H and O–H groups in total. The van der Waals surface area contributed by atoms with E-state index in [-0.39, 0.29) is 0 Å². The molecule has 4 heteroatoms. The van der Waals surface area contributed by atoms with Crippen molar-refractivity contribution in [2.75, 3.05) is 13.6 Å². The molecule has 0 radical (unpaired) electrons. The number of hydrogen-bond acceptors (Lipinski definition) is 2. The second kappa shape index (κ2) is 6.20. The van der Waals surface area contributed by atoms with Crippen LogP contribution in [0.2, 0.25) is 0 Å². The van der Waals surface area contributed by atoms with Crippen LogP contribution in [-0.4, -0.2) is 26.3 Å². The van der Waals surface area contributed by atoms with Crippen LogP contribution in [0.15, 0.2) is 59.5 Å². The van der Waals surface area contributed by atoms with Crippen molar-refractivity contribution in [3.05, 3.63) is 65.7 Å². The predicted molar refractivity (Wildman–Crippen MR) is 81.1 cm³/mol. The summed E-state index contributed by atoms with van der Waals surface area (Å²) in [6, 6.07) is 16.8. The summed E-state index contributed by atoms with van der Waals surface area (Å²) in [6.45, 7) is 2.41. The third-order valence-corrected chi connectivity index (χ3v) is 5.16. The Bertz CT molecular complexity index is 649. The van der Waals surface area contributed by atoms with Crippen molar-refractivity contribution >= 4 is 10.0 Å². The lowest BCUT2D eigenvalue weighted by Gasteiger charge is -2.17. The van der Waals surface area contributed by atoms with Gasteiger partial charge in [0, 0.05) is 13.6 Å². The van der Waals surface area contributed by atoms with Crippen molar-refractivity contribution < 1.29 is 8.42 Å². The highest BCUT2D eigenvalue weighted by atomic mass is 32.2. The maximum atomic E-state index is 12.4. The summed E-state index contributed by atoms with van der Waals surface area (Å²) >= 11 is 0. The average molecular weight is 289 g/mol. The number of hydrogen-bond donors (Lipinski definition) is 0. The molecule has 2 aromatic rings. The Morgan fingerprint density at radius 2 is 1.55 bits per heavy atom. The molecule has 0 aliphatic carbocycles. The Kier molecular flexibility index (Phi) is 4.57. The van der Waals surface area contributed by atoms with Gasteiger partial charge in [-0.2, -0.15) is 0 Å². The summed E-state index contributed by atoms with van der Waals surface area (Å²) in [4.78, 5) is 0.346. The van der Waals surface area contributed by atoms with Crippen molar-refractivity contribution in [1.29, 1.82) is 0 Å². The zero-order valence-corrected chi connectivity index (χ0v) is 12.6. The van der Waals surface area contributed by atoms with Gasteiger partial charge in [-0.25, -0.2) is 12.7 Å². The van der Waals surface area contributed by atoms with Gasteiger partial charge in [0.25, 0.3) is 0 Å². The fourth-order valence-corrected chi connectivity index (χ4v) is 3.11. The van der Waals surface area contributed by atoms with E-state index < -0.39 is 10.0 Å². The van der Waals surface area contributed by atoms with E-state index in [0.29, 0.717) is 17.9 Å². The lowest BCUT2D eigenvalue weighted by atomic mass is 10.2. The van der Waals surface area contributed by atoms with E-state index in [1.54, 1.807) is 19.2 Å². The molecule has 2 rings (SSSR count). The van der Waals surface area contributed by atoms with Gasteiger partial charge in [-0.05, 0) is 31.0 Å². The third-order valence-electron chi connectivity index (χ3n) is 3.29. The first-order valence-electron chi connectivity index (χ1n) is 6.57. The highest BCUT2D eigenvalue weighted by Gasteiger charge is 2.19. The number of aryl methyl sites for hydroxylation is 1. The quantitative estimate of drug-likeness (QED) is 0.849. The van der Waals surface area contributed by atoms with Crippen molar-refractivity contribution in [1.82, 2.24) is 4.31 Å². The standard InChI is InChI=1S/C16H19NO2S/c1-14-8-10-16(11-9-14)20(18,19)17(2)13-12-15-6-4-3-5-7-15/h3-11H,12-13H2,1-2H3. The first-order valence-corrected chi connectivity index (χ1v) is 8.01. The molecule has 0 amide bonds. The van der Waals surface area contributed by atoms with Crippen LogP contribution >= 0.6 is 0 Å². The molecule has 0 heterocycles. The molecule has 0 saturated heterocycles. The minimum Gasteiger partial charge on any atom is -0.207 e. The fourth-order valence-electron chi connectivity index (χ4n) is 1.94. The van der Waals surface area contributed by atoms with Crippen LogP contribution in [0.3, 0.4) is 0 Å². The topological polar surface area (TPSA) is 37.4 Å². The molecule has 20 heavy (non-hydrogen) atoms. The lowest BCUT2D eigenvalue weighted by Crippen LogP contribution is -2.29. The number of rotatable bonds is 5. The van der Waals surface area contributed by atoms with Crippen LogP contribution in [-0.2, 0) is 16.4 Å². The summed E-state index contributed by atoms with van der Waals surface area (Å²) in [7, 11) is -1.77. The molecule has 0 aliphatic rings. The van der Waals surface area contributed by atoms with Gasteiger partial charge in [0.1, 0.15) is 0 Å². The monoisotopic (exact) mass is 289 g/mol. The van der Waals surface area contributed by atoms with E-state index in [4.69, 9.17) is 0 Å². The molecule has 0 aromatic heterocycles. The van der Waals surface area contributed by atoms with Gasteiger partial charge < -0.3 is 0 Å². The molecule has 0 unspecified atom stereocenters. The maximum Gasteiger partial charge on any atom is 0.242 e. The van der Waals surface area contributed by atoms with Crippen LogP contribution in [0.25, 0.3) is 0 Å². The Morgan fingerprint density at radius 3 is 2.15 bits per heavy atom. The van der Waals surface area contributed by atoms with Crippen LogP contribution in [0.1, 0.15) is 11.1 Å². The lowest BCUT2D eigenvalue weighted by molar-refractivity contribution is 0.472. The van der Waals surface area contributed by atoms with Crippen LogP contribution in [0.4, 0.5) is 0 Å². The molecule has 3 nitrogen and oxygen atoms in total. The summed E-state index contributed by atoms with van der Waals surface area (Å²) < 4.78 is 26.2. The Morgan fingerprint density at radius 1 is 0.950 bits per heavy atom. The SMILES string of the molecule is Cc1ccc(S(=O)(=O)N(C)CCc2ccccc2)cc1. The van der Waals surface area contributed by atoms with Crippen LogP contribution in [0, 0.1) is 6.92 Å². The number of sulfonamides is 1. The van der Waals surface area contributed by atoms with E-state index in [0.717, 1.165) is 11.1 Å². The van der Waals surface area contributed by atoms with Gasteiger partial charge in [0.05, 0.1) is 4.90 Å². The number of nitrogens with zero attached hydrogens (tertiary/aromatic N) is 1. The van der Waals surface area contributed by atoms with Crippen LogP contribution < -0.4 is 0 Å². The van der Waals surface area contributed by atoms with Crippen LogP contribution in [0.5, 0.6) is 0 Å².